The summed E-state index contributed by atoms with van der Waals surface area (Å²) in [5.74, 6) is 1.64. The summed E-state index contributed by atoms with van der Waals surface area (Å²) in [6, 6.07) is 32.0. The molecule has 8 nitrogen and oxygen atoms in total. The van der Waals surface area contributed by atoms with Crippen LogP contribution in [-0.4, -0.2) is 44.4 Å². The molecule has 4 rings (SSSR count). The molecule has 4 aromatic rings. The van der Waals surface area contributed by atoms with Crippen LogP contribution in [-0.2, 0) is 39.0 Å². The number of hydrogen-bond donors (Lipinski definition) is 0. The van der Waals surface area contributed by atoms with Crippen molar-refractivity contribution in [2.75, 3.05) is 0 Å². The topological polar surface area (TPSA) is 129 Å². The second kappa shape index (κ2) is 33.5. The van der Waals surface area contributed by atoms with Gasteiger partial charge in [0.25, 0.3) is 0 Å². The molecular formula is C60H92N8Si4Zn2. The molecule has 0 unspecified atom stereocenters. The van der Waals surface area contributed by atoms with Crippen LogP contribution in [0.4, 0.5) is 22.7 Å². The number of para-hydroxylation sites is 4. The van der Waals surface area contributed by atoms with Crippen LogP contribution >= 0.6 is 0 Å². The summed E-state index contributed by atoms with van der Waals surface area (Å²) >= 11 is 0. The van der Waals surface area contributed by atoms with Crippen molar-refractivity contribution in [3.8, 4) is 12.1 Å². The van der Waals surface area contributed by atoms with Crippen LogP contribution in [0, 0.1) is 22.7 Å². The third-order valence-corrected chi connectivity index (χ3v) is 20.8. The predicted octanol–water partition coefficient (Wildman–Crippen LogP) is 21.1. The molecule has 0 amide bonds. The van der Waals surface area contributed by atoms with Gasteiger partial charge in [-0.1, -0.05) is 266 Å². The number of nitriles is 2. The molecule has 4 aromatic carbocycles. The largest absolute Gasteiger partial charge is 2.00 e. The molecule has 0 aromatic heterocycles. The van der Waals surface area contributed by atoms with E-state index >= 15 is 0 Å². The number of benzene rings is 4. The van der Waals surface area contributed by atoms with Crippen LogP contribution in [0.25, 0.3) is 19.9 Å². The maximum atomic E-state index is 9.22. The molecule has 0 aliphatic heterocycles. The summed E-state index contributed by atoms with van der Waals surface area (Å²) < 4.78 is 9.64. The zero-order valence-electron chi connectivity index (χ0n) is 50.5. The molecule has 0 saturated carbocycles. The molecule has 392 valence electrons. The van der Waals surface area contributed by atoms with E-state index in [1.165, 1.54) is 22.3 Å². The fourth-order valence-electron chi connectivity index (χ4n) is 8.09. The van der Waals surface area contributed by atoms with Gasteiger partial charge < -0.3 is 19.9 Å². The van der Waals surface area contributed by atoms with Gasteiger partial charge in [0, 0.05) is 22.6 Å². The molecule has 0 fully saturated rings. The average Bonchev–Trinajstić information content (AvgIpc) is 3.21. The Bertz CT molecular complexity index is 2300. The number of rotatable bonds is 16. The Kier molecular flexibility index (Phi) is 32.7. The van der Waals surface area contributed by atoms with Gasteiger partial charge in [-0.15, -0.1) is 11.4 Å². The van der Waals surface area contributed by atoms with Crippen molar-refractivity contribution in [2.45, 2.75) is 185 Å². The van der Waals surface area contributed by atoms with E-state index < -0.39 is 32.9 Å². The van der Waals surface area contributed by atoms with Gasteiger partial charge in [0.05, 0.1) is 23.5 Å². The van der Waals surface area contributed by atoms with Crippen molar-refractivity contribution >= 4 is 67.1 Å². The predicted molar refractivity (Wildman–Crippen MR) is 331 cm³/mol. The van der Waals surface area contributed by atoms with Gasteiger partial charge in [-0.3, -0.25) is 9.98 Å². The van der Waals surface area contributed by atoms with Crippen molar-refractivity contribution in [3.63, 3.8) is 0 Å². The van der Waals surface area contributed by atoms with Crippen LogP contribution in [0.3, 0.4) is 0 Å². The second-order valence-electron chi connectivity index (χ2n) is 23.7. The van der Waals surface area contributed by atoms with Gasteiger partial charge in [0.1, 0.15) is 0 Å². The van der Waals surface area contributed by atoms with E-state index in [9.17, 15) is 10.5 Å². The summed E-state index contributed by atoms with van der Waals surface area (Å²) in [5, 5.41) is 27.6. The Hall–Kier alpha value is -3.69. The molecule has 0 aliphatic carbocycles. The maximum absolute atomic E-state index is 9.22. The van der Waals surface area contributed by atoms with Crippen LogP contribution in [0.15, 0.2) is 118 Å². The minimum atomic E-state index is -1.11. The SMILES string of the molecule is CC(/C=C(/C)[N-]c1ccccc1C#N)=Nc1c(C(C)C)cccc1C(C)C.CC(/C=C(/C)[N-]c1ccccc1C#N)=Nc1c(C(C)C)cccc1C(C)C.C[Si](C)(C)[N-][Si](C)(C)C.C[Si](C)(C)[N-][Si](C)(C)C.[Zn+2].[Zn+2]. The Morgan fingerprint density at radius 1 is 0.419 bits per heavy atom. The van der Waals surface area contributed by atoms with Crippen LogP contribution in [0.5, 0.6) is 0 Å². The van der Waals surface area contributed by atoms with E-state index in [4.69, 9.17) is 19.3 Å². The number of aliphatic imine (C=N–C) groups is 2. The summed E-state index contributed by atoms with van der Waals surface area (Å²) in [5.41, 5.74) is 13.2. The van der Waals surface area contributed by atoms with E-state index in [0.29, 0.717) is 46.2 Å². The molecule has 0 bridgehead atoms. The zero-order chi connectivity index (χ0) is 55.4. The van der Waals surface area contributed by atoms with E-state index in [1.54, 1.807) is 12.1 Å². The molecule has 0 N–H and O–H groups in total. The van der Waals surface area contributed by atoms with Crippen molar-refractivity contribution in [2.24, 2.45) is 9.98 Å². The third kappa shape index (κ3) is 29.6. The first kappa shape index (κ1) is 72.4. The first-order chi connectivity index (χ1) is 33.1. The van der Waals surface area contributed by atoms with E-state index in [-0.39, 0.29) is 39.0 Å². The first-order valence-corrected chi connectivity index (χ1v) is 39.5. The molecule has 0 atom stereocenters. The molecule has 14 heteroatoms. The van der Waals surface area contributed by atoms with Crippen molar-refractivity contribution in [3.05, 3.63) is 162 Å². The summed E-state index contributed by atoms with van der Waals surface area (Å²) in [6.07, 6.45) is 3.94. The van der Waals surface area contributed by atoms with Crippen LogP contribution in [0.1, 0.15) is 140 Å². The molecule has 0 aliphatic rings. The Balaban J connectivity index is 0. The number of nitrogens with zero attached hydrogens (tertiary/aromatic N) is 8. The minimum absolute atomic E-state index is 0. The van der Waals surface area contributed by atoms with E-state index in [0.717, 1.165) is 34.2 Å². The fourth-order valence-corrected chi connectivity index (χ4v) is 24.2. The summed E-state index contributed by atoms with van der Waals surface area (Å²) in [6.45, 7) is 53.0. The van der Waals surface area contributed by atoms with E-state index in [1.807, 2.05) is 76.2 Å². The quantitative estimate of drug-likeness (QED) is 0.0818. The second-order valence-corrected chi connectivity index (χ2v) is 42.8. The molecule has 0 saturated heterocycles. The normalized spacial score (nSPS) is 12.5. The summed E-state index contributed by atoms with van der Waals surface area (Å²) in [4.78, 5) is 9.88. The molecule has 74 heavy (non-hydrogen) atoms. The molecule has 0 heterocycles. The van der Waals surface area contributed by atoms with Gasteiger partial charge in [0.15, 0.2) is 0 Å². The Morgan fingerprint density at radius 3 is 0.865 bits per heavy atom. The van der Waals surface area contributed by atoms with Crippen LogP contribution in [0.2, 0.25) is 78.6 Å². The van der Waals surface area contributed by atoms with Gasteiger partial charge >= 0.3 is 39.0 Å². The van der Waals surface area contributed by atoms with Gasteiger partial charge in [0.2, 0.25) is 0 Å². The van der Waals surface area contributed by atoms with Crippen molar-refractivity contribution < 1.29 is 39.0 Å². The Labute approximate surface area is 482 Å². The molecule has 0 spiro atoms. The van der Waals surface area contributed by atoms with Crippen molar-refractivity contribution in [1.82, 2.24) is 0 Å². The van der Waals surface area contributed by atoms with E-state index in [2.05, 4.69) is 193 Å². The standard InChI is InChI=1S/2C24H28N3.2C6H18NSi2.2Zn/c2*1-16(2)21-11-9-12-22(17(3)4)24(21)27-19(6)14-18(5)26-23-13-8-7-10-20(23)15-25;2*1-8(2,3)7-9(4,5)6;;/h2*7-14,16-17H,1-6H3;2*1-6H3;;/q4*-1;2*+2/b2*18-14-,27-19?;;;;. The minimum Gasteiger partial charge on any atom is -0.668 e. The third-order valence-electron chi connectivity index (χ3n) is 10.1. The zero-order valence-corrected chi connectivity index (χ0v) is 60.5. The first-order valence-electron chi connectivity index (χ1n) is 25.7. The summed E-state index contributed by atoms with van der Waals surface area (Å²) in [7, 11) is -4.42. The Morgan fingerprint density at radius 2 is 0.662 bits per heavy atom. The smallest absolute Gasteiger partial charge is 0.668 e. The number of hydrogen-bond acceptors (Lipinski definition) is 4. The van der Waals surface area contributed by atoms with Gasteiger partial charge in [-0.05, 0) is 71.9 Å². The average molecular weight is 1170 g/mol. The van der Waals surface area contributed by atoms with Gasteiger partial charge in [-0.2, -0.15) is 21.9 Å². The van der Waals surface area contributed by atoms with Crippen molar-refractivity contribution in [1.29, 1.82) is 10.5 Å². The van der Waals surface area contributed by atoms with Crippen LogP contribution < -0.4 is 0 Å². The molecule has 0 radical (unpaired) electrons. The maximum Gasteiger partial charge on any atom is 2.00 e. The molecular weight excluding hydrogens is 1080 g/mol. The van der Waals surface area contributed by atoms with Gasteiger partial charge in [-0.25, -0.2) is 0 Å². The fraction of sp³-hybridized carbons (Fsp3) is 0.467. The number of allylic oxidation sites excluding steroid dienone is 4. The monoisotopic (exact) mass is 1160 g/mol.